The van der Waals surface area contributed by atoms with Gasteiger partial charge < -0.3 is 17.8 Å². The van der Waals surface area contributed by atoms with Crippen molar-refractivity contribution in [3.05, 3.63) is 0 Å². The topological polar surface area (TPSA) is 20.3 Å². The molecule has 0 aromatic carbocycles. The molecular weight excluding hydrogens is 221 g/mol. The molecule has 2 nitrogen and oxygen atoms in total. The van der Waals surface area contributed by atoms with Crippen LogP contribution in [0.1, 0.15) is 19.8 Å². The van der Waals surface area contributed by atoms with Gasteiger partial charge in [-0.1, -0.05) is 12.2 Å². The van der Waals surface area contributed by atoms with Crippen molar-refractivity contribution >= 4 is 12.9 Å². The number of carbonyl (C=O) groups excluding carboxylic acids is 1. The molecule has 0 radical (unpaired) electrons. The van der Waals surface area contributed by atoms with Crippen molar-refractivity contribution in [2.75, 3.05) is 13.1 Å². The van der Waals surface area contributed by atoms with Gasteiger partial charge in [-0.15, -0.1) is 0 Å². The molecule has 1 fully saturated rings. The van der Waals surface area contributed by atoms with Crippen LogP contribution in [0.3, 0.4) is 0 Å². The molecular formula is C7H12BF3KNO. The Balaban J connectivity index is 0.00000169. The fraction of sp³-hybridized carbons (Fsp3) is 0.857. The van der Waals surface area contributed by atoms with Gasteiger partial charge in [-0.25, -0.2) is 0 Å². The number of halogens is 3. The SMILES string of the molecule is CCN1CCC([B-](F)(F)F)CC1=O.[K+]. The van der Waals surface area contributed by atoms with E-state index in [-0.39, 0.29) is 76.7 Å². The van der Waals surface area contributed by atoms with Crippen molar-refractivity contribution in [3.8, 4) is 0 Å². The summed E-state index contributed by atoms with van der Waals surface area (Å²) in [7, 11) is 0. The minimum absolute atomic E-state index is 0. The van der Waals surface area contributed by atoms with E-state index in [2.05, 4.69) is 0 Å². The van der Waals surface area contributed by atoms with Crippen LogP contribution in [0.25, 0.3) is 0 Å². The Morgan fingerprint density at radius 1 is 1.50 bits per heavy atom. The van der Waals surface area contributed by atoms with Crippen LogP contribution in [0.5, 0.6) is 0 Å². The van der Waals surface area contributed by atoms with Gasteiger partial charge in [-0.3, -0.25) is 4.79 Å². The Kier molecular flexibility index (Phi) is 6.29. The maximum atomic E-state index is 12.2. The minimum Gasteiger partial charge on any atom is -0.449 e. The molecule has 1 saturated heterocycles. The van der Waals surface area contributed by atoms with Crippen LogP contribution in [-0.2, 0) is 4.79 Å². The van der Waals surface area contributed by atoms with Crippen molar-refractivity contribution < 1.29 is 69.1 Å². The fourth-order valence-corrected chi connectivity index (χ4v) is 1.56. The second kappa shape index (κ2) is 5.89. The predicted molar refractivity (Wildman–Crippen MR) is 44.3 cm³/mol. The molecule has 0 saturated carbocycles. The molecule has 1 unspecified atom stereocenters. The minimum atomic E-state index is -4.83. The second-order valence-electron chi connectivity index (χ2n) is 3.35. The molecule has 76 valence electrons. The zero-order chi connectivity index (χ0) is 10.1. The summed E-state index contributed by atoms with van der Waals surface area (Å²) in [6.07, 6.45) is -0.277. The molecule has 14 heavy (non-hydrogen) atoms. The van der Waals surface area contributed by atoms with E-state index in [1.54, 1.807) is 6.92 Å². The third-order valence-corrected chi connectivity index (χ3v) is 2.48. The van der Waals surface area contributed by atoms with Crippen molar-refractivity contribution in [2.24, 2.45) is 0 Å². The smallest absolute Gasteiger partial charge is 0.449 e. The first kappa shape index (κ1) is 15.0. The summed E-state index contributed by atoms with van der Waals surface area (Å²) >= 11 is 0. The third kappa shape index (κ3) is 3.84. The third-order valence-electron chi connectivity index (χ3n) is 2.48. The van der Waals surface area contributed by atoms with E-state index in [1.165, 1.54) is 4.90 Å². The van der Waals surface area contributed by atoms with Gasteiger partial charge in [-0.2, -0.15) is 0 Å². The molecule has 7 heteroatoms. The molecule has 1 heterocycles. The van der Waals surface area contributed by atoms with Crippen LogP contribution in [0.2, 0.25) is 5.82 Å². The van der Waals surface area contributed by atoms with Gasteiger partial charge >= 0.3 is 58.4 Å². The Bertz CT molecular complexity index is 212. The molecule has 0 bridgehead atoms. The number of nitrogens with zero attached hydrogens (tertiary/aromatic N) is 1. The normalized spacial score (nSPS) is 23.3. The van der Waals surface area contributed by atoms with Gasteiger partial charge in [0.1, 0.15) is 0 Å². The van der Waals surface area contributed by atoms with Crippen molar-refractivity contribution in [1.29, 1.82) is 0 Å². The second-order valence-corrected chi connectivity index (χ2v) is 3.35. The first-order chi connectivity index (χ1) is 5.95. The molecule has 1 atom stereocenters. The number of amides is 1. The zero-order valence-electron chi connectivity index (χ0n) is 8.47. The molecule has 0 aromatic heterocycles. The number of hydrogen-bond acceptors (Lipinski definition) is 1. The molecule has 1 aliphatic heterocycles. The van der Waals surface area contributed by atoms with Crippen LogP contribution in [-0.4, -0.2) is 30.9 Å². The predicted octanol–water partition coefficient (Wildman–Crippen LogP) is -1.15. The molecule has 0 N–H and O–H groups in total. The molecule has 1 aliphatic rings. The van der Waals surface area contributed by atoms with E-state index in [4.69, 9.17) is 0 Å². The van der Waals surface area contributed by atoms with E-state index in [9.17, 15) is 17.7 Å². The average Bonchev–Trinajstić information content (AvgIpc) is 2.02. The molecule has 0 aliphatic carbocycles. The number of likely N-dealkylation sites (tertiary alicyclic amines) is 1. The number of hydrogen-bond donors (Lipinski definition) is 0. The monoisotopic (exact) mass is 233 g/mol. The van der Waals surface area contributed by atoms with Crippen LogP contribution in [0.4, 0.5) is 12.9 Å². The summed E-state index contributed by atoms with van der Waals surface area (Å²) in [6, 6.07) is 0. The number of carbonyl (C=O) groups is 1. The zero-order valence-corrected chi connectivity index (χ0v) is 11.6. The van der Waals surface area contributed by atoms with Gasteiger partial charge in [0.2, 0.25) is 5.91 Å². The van der Waals surface area contributed by atoms with Gasteiger partial charge in [0.15, 0.2) is 0 Å². The van der Waals surface area contributed by atoms with Crippen molar-refractivity contribution in [1.82, 2.24) is 4.90 Å². The largest absolute Gasteiger partial charge is 1.00 e. The number of rotatable bonds is 2. The Labute approximate surface area is 124 Å². The Morgan fingerprint density at radius 2 is 2.07 bits per heavy atom. The number of piperidine rings is 1. The first-order valence-corrected chi connectivity index (χ1v) is 4.43. The Hall–Kier alpha value is 0.961. The van der Waals surface area contributed by atoms with Crippen LogP contribution in [0.15, 0.2) is 0 Å². The van der Waals surface area contributed by atoms with E-state index in [1.807, 2.05) is 0 Å². The first-order valence-electron chi connectivity index (χ1n) is 4.43. The van der Waals surface area contributed by atoms with Crippen molar-refractivity contribution in [3.63, 3.8) is 0 Å². The van der Waals surface area contributed by atoms with Crippen molar-refractivity contribution in [2.45, 2.75) is 25.6 Å². The Morgan fingerprint density at radius 3 is 2.43 bits per heavy atom. The van der Waals surface area contributed by atoms with Gasteiger partial charge in [0.05, 0.1) is 0 Å². The summed E-state index contributed by atoms with van der Waals surface area (Å²) < 4.78 is 36.7. The molecule has 0 aromatic rings. The molecule has 1 rings (SSSR count). The van der Waals surface area contributed by atoms with E-state index in [0.29, 0.717) is 6.54 Å². The van der Waals surface area contributed by atoms with Crippen LogP contribution in [0, 0.1) is 0 Å². The van der Waals surface area contributed by atoms with Gasteiger partial charge in [0.25, 0.3) is 0 Å². The molecule has 0 spiro atoms. The van der Waals surface area contributed by atoms with E-state index < -0.39 is 12.8 Å². The van der Waals surface area contributed by atoms with E-state index >= 15 is 0 Å². The summed E-state index contributed by atoms with van der Waals surface area (Å²) in [5.74, 6) is -1.73. The standard InChI is InChI=1S/C7H12BF3NO.K/c1-2-12-4-3-6(5-7(12)13)8(9,10)11;/h6H,2-5H2,1H3;/q-1;+1. The van der Waals surface area contributed by atoms with Gasteiger partial charge in [0, 0.05) is 19.5 Å². The average molecular weight is 233 g/mol. The maximum Gasteiger partial charge on any atom is 1.00 e. The fourth-order valence-electron chi connectivity index (χ4n) is 1.56. The quantitative estimate of drug-likeness (QED) is 0.551. The maximum absolute atomic E-state index is 12.2. The van der Waals surface area contributed by atoms with Gasteiger partial charge in [-0.05, 0) is 6.92 Å². The summed E-state index contributed by atoms with van der Waals surface area (Å²) in [4.78, 5) is 12.6. The summed E-state index contributed by atoms with van der Waals surface area (Å²) in [5.41, 5.74) is 0. The molecule has 1 amide bonds. The van der Waals surface area contributed by atoms with E-state index in [0.717, 1.165) is 0 Å². The summed E-state index contributed by atoms with van der Waals surface area (Å²) in [6.45, 7) is -2.30. The van der Waals surface area contributed by atoms with Crippen LogP contribution < -0.4 is 51.4 Å². The van der Waals surface area contributed by atoms with Crippen LogP contribution >= 0.6 is 0 Å². The summed E-state index contributed by atoms with van der Waals surface area (Å²) in [5, 5.41) is 0.